The Bertz CT molecular complexity index is 825. The Hall–Kier alpha value is -2.41. The standard InChI is InChI=1S/C27H39N3O/c1-19(2)24-12-13-26(21(4)16-24)29-22(5)11-14-27(31)30-25(15-20(3)18-28)17-23-9-7-6-8-10-23/h12-13,16,19,23,25H,3,6-11,14-15,17H2,1-2,4-5H3,(H,30,31). The van der Waals surface area contributed by atoms with Gasteiger partial charge in [0.2, 0.25) is 5.91 Å². The lowest BCUT2D eigenvalue weighted by Gasteiger charge is -2.27. The molecule has 1 unspecified atom stereocenters. The molecule has 1 aliphatic carbocycles. The Morgan fingerprint density at radius 3 is 2.58 bits per heavy atom. The van der Waals surface area contributed by atoms with E-state index in [-0.39, 0.29) is 11.9 Å². The Balaban J connectivity index is 1.91. The smallest absolute Gasteiger partial charge is 0.220 e. The molecule has 4 heteroatoms. The first kappa shape index (κ1) is 24.9. The third kappa shape index (κ3) is 8.69. The summed E-state index contributed by atoms with van der Waals surface area (Å²) in [6.45, 7) is 12.3. The predicted octanol–water partition coefficient (Wildman–Crippen LogP) is 6.92. The maximum absolute atomic E-state index is 12.6. The molecular formula is C27H39N3O. The molecule has 1 saturated carbocycles. The second kappa shape index (κ2) is 12.4. The second-order valence-corrected chi connectivity index (χ2v) is 9.47. The molecule has 0 saturated heterocycles. The van der Waals surface area contributed by atoms with Crippen LogP contribution in [0.1, 0.15) is 95.6 Å². The molecular weight excluding hydrogens is 382 g/mol. The minimum Gasteiger partial charge on any atom is -0.353 e. The maximum Gasteiger partial charge on any atom is 0.220 e. The molecule has 1 N–H and O–H groups in total. The zero-order chi connectivity index (χ0) is 22.8. The van der Waals surface area contributed by atoms with E-state index in [1.807, 2.05) is 6.92 Å². The van der Waals surface area contributed by atoms with Gasteiger partial charge in [0.25, 0.3) is 0 Å². The van der Waals surface area contributed by atoms with Gasteiger partial charge in [-0.1, -0.05) is 64.7 Å². The van der Waals surface area contributed by atoms with E-state index in [9.17, 15) is 4.79 Å². The summed E-state index contributed by atoms with van der Waals surface area (Å²) in [5.74, 6) is 1.18. The Morgan fingerprint density at radius 1 is 1.26 bits per heavy atom. The molecule has 0 aliphatic heterocycles. The summed E-state index contributed by atoms with van der Waals surface area (Å²) < 4.78 is 0. The van der Waals surface area contributed by atoms with Gasteiger partial charge >= 0.3 is 0 Å². The van der Waals surface area contributed by atoms with Crippen LogP contribution in [0, 0.1) is 24.2 Å². The molecule has 168 valence electrons. The number of nitriles is 1. The maximum atomic E-state index is 12.6. The minimum absolute atomic E-state index is 0.00539. The highest BCUT2D eigenvalue weighted by Gasteiger charge is 2.21. The number of aryl methyl sites for hydroxylation is 1. The van der Waals surface area contributed by atoms with E-state index in [0.717, 1.165) is 23.4 Å². The van der Waals surface area contributed by atoms with Gasteiger partial charge in [0.05, 0.1) is 11.8 Å². The van der Waals surface area contributed by atoms with Crippen molar-refractivity contribution in [3.05, 3.63) is 41.5 Å². The van der Waals surface area contributed by atoms with Crippen molar-refractivity contribution < 1.29 is 4.79 Å². The highest BCUT2D eigenvalue weighted by molar-refractivity contribution is 5.89. The van der Waals surface area contributed by atoms with Crippen molar-refractivity contribution in [3.8, 4) is 6.07 Å². The summed E-state index contributed by atoms with van der Waals surface area (Å²) >= 11 is 0. The number of nitrogens with one attached hydrogen (secondary N) is 1. The van der Waals surface area contributed by atoms with Crippen LogP contribution in [0.5, 0.6) is 0 Å². The van der Waals surface area contributed by atoms with Crippen LogP contribution >= 0.6 is 0 Å². The quantitative estimate of drug-likeness (QED) is 0.329. The molecule has 1 aromatic rings. The Labute approximate surface area is 188 Å². The van der Waals surface area contributed by atoms with E-state index in [4.69, 9.17) is 10.3 Å². The van der Waals surface area contributed by atoms with E-state index in [2.05, 4.69) is 56.9 Å². The van der Waals surface area contributed by atoms with Crippen molar-refractivity contribution in [1.82, 2.24) is 5.32 Å². The molecule has 1 fully saturated rings. The summed E-state index contributed by atoms with van der Waals surface area (Å²) in [5.41, 5.74) is 4.96. The van der Waals surface area contributed by atoms with Gasteiger partial charge in [-0.2, -0.15) is 5.26 Å². The fourth-order valence-corrected chi connectivity index (χ4v) is 4.38. The molecule has 2 rings (SSSR count). The van der Waals surface area contributed by atoms with Gasteiger partial charge in [0.1, 0.15) is 0 Å². The average Bonchev–Trinajstić information content (AvgIpc) is 2.74. The van der Waals surface area contributed by atoms with Crippen molar-refractivity contribution in [2.75, 3.05) is 0 Å². The third-order valence-electron chi connectivity index (χ3n) is 6.27. The van der Waals surface area contributed by atoms with Gasteiger partial charge in [0.15, 0.2) is 0 Å². The number of hydrogen-bond acceptors (Lipinski definition) is 3. The monoisotopic (exact) mass is 421 g/mol. The number of hydrogen-bond donors (Lipinski definition) is 1. The van der Waals surface area contributed by atoms with E-state index >= 15 is 0 Å². The van der Waals surface area contributed by atoms with Crippen molar-refractivity contribution in [2.45, 2.75) is 97.4 Å². The largest absolute Gasteiger partial charge is 0.353 e. The summed E-state index contributed by atoms with van der Waals surface area (Å²) in [7, 11) is 0. The van der Waals surface area contributed by atoms with E-state index in [1.165, 1.54) is 37.7 Å². The van der Waals surface area contributed by atoms with Crippen LogP contribution in [0.15, 0.2) is 35.3 Å². The first-order valence-electron chi connectivity index (χ1n) is 11.8. The van der Waals surface area contributed by atoms with Gasteiger partial charge in [-0.3, -0.25) is 9.79 Å². The number of rotatable bonds is 10. The van der Waals surface area contributed by atoms with Crippen LogP contribution in [-0.4, -0.2) is 17.7 Å². The molecule has 0 bridgehead atoms. The van der Waals surface area contributed by atoms with Gasteiger partial charge in [-0.25, -0.2) is 0 Å². The highest BCUT2D eigenvalue weighted by atomic mass is 16.1. The molecule has 31 heavy (non-hydrogen) atoms. The highest BCUT2D eigenvalue weighted by Crippen LogP contribution is 2.29. The lowest BCUT2D eigenvalue weighted by Crippen LogP contribution is -2.37. The molecule has 4 nitrogen and oxygen atoms in total. The first-order chi connectivity index (χ1) is 14.8. The number of carbonyl (C=O) groups is 1. The van der Waals surface area contributed by atoms with Gasteiger partial charge in [-0.15, -0.1) is 0 Å². The normalized spacial score (nSPS) is 16.1. The SMILES string of the molecule is C=C(C#N)CC(CC1CCCCC1)NC(=O)CCC(C)=Nc1ccc(C(C)C)cc1C. The van der Waals surface area contributed by atoms with Crippen LogP contribution < -0.4 is 5.32 Å². The molecule has 0 spiro atoms. The van der Waals surface area contributed by atoms with Crippen LogP contribution in [0.3, 0.4) is 0 Å². The number of nitrogens with zero attached hydrogens (tertiary/aromatic N) is 2. The van der Waals surface area contributed by atoms with E-state index in [1.54, 1.807) is 0 Å². The van der Waals surface area contributed by atoms with Crippen molar-refractivity contribution in [3.63, 3.8) is 0 Å². The fourth-order valence-electron chi connectivity index (χ4n) is 4.38. The lowest BCUT2D eigenvalue weighted by atomic mass is 9.83. The zero-order valence-electron chi connectivity index (χ0n) is 19.8. The van der Waals surface area contributed by atoms with E-state index < -0.39 is 0 Å². The predicted molar refractivity (Wildman–Crippen MR) is 130 cm³/mol. The fraction of sp³-hybridized carbons (Fsp3) is 0.593. The summed E-state index contributed by atoms with van der Waals surface area (Å²) in [5, 5.41) is 12.3. The van der Waals surface area contributed by atoms with Crippen LogP contribution in [0.4, 0.5) is 5.69 Å². The molecule has 1 aromatic carbocycles. The molecule has 0 radical (unpaired) electrons. The summed E-state index contributed by atoms with van der Waals surface area (Å²) in [4.78, 5) is 17.4. The number of aliphatic imine (C=N–C) groups is 1. The van der Waals surface area contributed by atoms with Crippen LogP contribution in [0.25, 0.3) is 0 Å². The first-order valence-corrected chi connectivity index (χ1v) is 11.8. The lowest BCUT2D eigenvalue weighted by molar-refractivity contribution is -0.121. The van der Waals surface area contributed by atoms with Crippen LogP contribution in [0.2, 0.25) is 0 Å². The number of benzene rings is 1. The Kier molecular flexibility index (Phi) is 9.98. The molecule has 1 atom stereocenters. The molecule has 1 amide bonds. The summed E-state index contributed by atoms with van der Waals surface area (Å²) in [6.07, 6.45) is 8.86. The van der Waals surface area contributed by atoms with Crippen molar-refractivity contribution in [2.24, 2.45) is 10.9 Å². The zero-order valence-corrected chi connectivity index (χ0v) is 19.8. The van der Waals surface area contributed by atoms with Crippen LogP contribution in [-0.2, 0) is 4.79 Å². The number of amides is 1. The number of carbonyl (C=O) groups excluding carboxylic acids is 1. The molecule has 0 aromatic heterocycles. The van der Waals surface area contributed by atoms with Crippen molar-refractivity contribution >= 4 is 17.3 Å². The van der Waals surface area contributed by atoms with E-state index in [0.29, 0.717) is 36.7 Å². The van der Waals surface area contributed by atoms with Gasteiger partial charge in [0, 0.05) is 30.2 Å². The Morgan fingerprint density at radius 2 is 1.97 bits per heavy atom. The molecule has 0 heterocycles. The minimum atomic E-state index is 0.00539. The average molecular weight is 422 g/mol. The third-order valence-corrected chi connectivity index (χ3v) is 6.27. The van der Waals surface area contributed by atoms with Gasteiger partial charge < -0.3 is 5.32 Å². The van der Waals surface area contributed by atoms with Gasteiger partial charge in [-0.05, 0) is 55.7 Å². The summed E-state index contributed by atoms with van der Waals surface area (Å²) in [6, 6.07) is 8.54. The van der Waals surface area contributed by atoms with Crippen molar-refractivity contribution in [1.29, 1.82) is 5.26 Å². The second-order valence-electron chi connectivity index (χ2n) is 9.47. The molecule has 1 aliphatic rings. The topological polar surface area (TPSA) is 65.2 Å².